The summed E-state index contributed by atoms with van der Waals surface area (Å²) in [5, 5.41) is 0.498. The Morgan fingerprint density at radius 2 is 1.72 bits per heavy atom. The number of amides is 1. The van der Waals surface area contributed by atoms with Crippen molar-refractivity contribution >= 4 is 16.9 Å². The van der Waals surface area contributed by atoms with Crippen LogP contribution < -0.4 is 10.2 Å². The lowest BCUT2D eigenvalue weighted by Gasteiger charge is -2.28. The van der Waals surface area contributed by atoms with Crippen molar-refractivity contribution in [2.24, 2.45) is 0 Å². The molecule has 0 fully saturated rings. The van der Waals surface area contributed by atoms with Crippen molar-refractivity contribution in [2.75, 3.05) is 32.8 Å². The molecular formula is C26H30N2O4. The lowest BCUT2D eigenvalue weighted by Crippen LogP contribution is -2.37. The third-order valence-corrected chi connectivity index (χ3v) is 6.09. The van der Waals surface area contributed by atoms with Crippen LogP contribution in [0.3, 0.4) is 0 Å². The number of rotatable bonds is 9. The Balaban J connectivity index is 1.79. The molecule has 1 aliphatic heterocycles. The van der Waals surface area contributed by atoms with Crippen LogP contribution in [0.2, 0.25) is 0 Å². The number of hydrogen-bond acceptors (Lipinski definition) is 5. The zero-order valence-corrected chi connectivity index (χ0v) is 19.0. The van der Waals surface area contributed by atoms with E-state index >= 15 is 0 Å². The summed E-state index contributed by atoms with van der Waals surface area (Å²) < 4.78 is 11.7. The van der Waals surface area contributed by atoms with Crippen LogP contribution in [-0.2, 0) is 0 Å². The summed E-state index contributed by atoms with van der Waals surface area (Å²) in [5.74, 6) is 0.705. The molecule has 1 aliphatic rings. The first kappa shape index (κ1) is 22.1. The molecule has 1 atom stereocenters. The van der Waals surface area contributed by atoms with Crippen molar-refractivity contribution in [2.45, 2.75) is 33.2 Å². The van der Waals surface area contributed by atoms with E-state index in [9.17, 15) is 9.59 Å². The number of para-hydroxylation sites is 1. The van der Waals surface area contributed by atoms with Gasteiger partial charge in [0.25, 0.3) is 5.91 Å². The number of likely N-dealkylation sites (N-methyl/N-ethyl adjacent to an activating group) is 1. The van der Waals surface area contributed by atoms with E-state index in [4.69, 9.17) is 9.15 Å². The van der Waals surface area contributed by atoms with Gasteiger partial charge in [0.1, 0.15) is 11.3 Å². The maximum absolute atomic E-state index is 13.5. The number of carbonyl (C=O) groups excluding carboxylic acids is 1. The third-order valence-electron chi connectivity index (χ3n) is 6.09. The molecule has 2 aromatic carbocycles. The molecule has 1 amide bonds. The van der Waals surface area contributed by atoms with Gasteiger partial charge in [-0.15, -0.1) is 0 Å². The molecule has 6 nitrogen and oxygen atoms in total. The first-order valence-corrected chi connectivity index (χ1v) is 11.4. The Labute approximate surface area is 188 Å². The maximum Gasteiger partial charge on any atom is 0.290 e. The molecule has 32 heavy (non-hydrogen) atoms. The second kappa shape index (κ2) is 9.57. The average molecular weight is 435 g/mol. The lowest BCUT2D eigenvalue weighted by molar-refractivity contribution is 0.0708. The van der Waals surface area contributed by atoms with Crippen LogP contribution in [0.15, 0.2) is 57.7 Å². The molecule has 168 valence electrons. The molecule has 0 spiro atoms. The monoisotopic (exact) mass is 434 g/mol. The summed E-state index contributed by atoms with van der Waals surface area (Å²) in [4.78, 5) is 30.9. The molecular weight excluding hydrogens is 404 g/mol. The molecule has 6 heteroatoms. The minimum absolute atomic E-state index is 0.142. The fraction of sp³-hybridized carbons (Fsp3) is 0.385. The largest absolute Gasteiger partial charge is 0.494 e. The number of carbonyl (C=O) groups is 1. The molecule has 0 radical (unpaired) electrons. The standard InChI is InChI=1S/C26H30N2O4/c1-4-17-31-19-13-11-18(12-14-19)23-22-24(29)20-9-7-8-10-21(20)32-25(22)26(30)28(23)16-15-27(5-2)6-3/h7-14,23H,4-6,15-17H2,1-3H3/t23-/m0/s1. The Hall–Kier alpha value is -3.12. The first-order valence-electron chi connectivity index (χ1n) is 11.4. The molecule has 1 aromatic heterocycles. The van der Waals surface area contributed by atoms with Crippen LogP contribution in [0.1, 0.15) is 54.9 Å². The van der Waals surface area contributed by atoms with E-state index in [1.807, 2.05) is 36.4 Å². The van der Waals surface area contributed by atoms with Crippen molar-refractivity contribution in [3.8, 4) is 5.75 Å². The summed E-state index contributed by atoms with van der Waals surface area (Å²) in [5.41, 5.74) is 1.60. The minimum Gasteiger partial charge on any atom is -0.494 e. The first-order chi connectivity index (χ1) is 15.6. The van der Waals surface area contributed by atoms with Crippen molar-refractivity contribution in [3.63, 3.8) is 0 Å². The van der Waals surface area contributed by atoms with Gasteiger partial charge in [-0.2, -0.15) is 0 Å². The van der Waals surface area contributed by atoms with E-state index in [1.165, 1.54) is 0 Å². The van der Waals surface area contributed by atoms with Gasteiger partial charge in [0.15, 0.2) is 5.43 Å². The predicted octanol–water partition coefficient (Wildman–Crippen LogP) is 4.47. The van der Waals surface area contributed by atoms with Crippen molar-refractivity contribution in [3.05, 3.63) is 75.6 Å². The molecule has 0 saturated heterocycles. The van der Waals surface area contributed by atoms with Crippen LogP contribution >= 0.6 is 0 Å². The van der Waals surface area contributed by atoms with E-state index in [2.05, 4.69) is 25.7 Å². The Kier molecular flexibility index (Phi) is 6.61. The summed E-state index contributed by atoms with van der Waals surface area (Å²) >= 11 is 0. The Morgan fingerprint density at radius 3 is 2.41 bits per heavy atom. The normalized spacial score (nSPS) is 15.6. The van der Waals surface area contributed by atoms with Gasteiger partial charge in [-0.05, 0) is 49.3 Å². The number of fused-ring (bicyclic) bond motifs is 2. The van der Waals surface area contributed by atoms with E-state index in [1.54, 1.807) is 17.0 Å². The minimum atomic E-state index is -0.478. The van der Waals surface area contributed by atoms with E-state index in [0.29, 0.717) is 29.7 Å². The predicted molar refractivity (Wildman–Crippen MR) is 125 cm³/mol. The van der Waals surface area contributed by atoms with Crippen molar-refractivity contribution < 1.29 is 13.9 Å². The smallest absolute Gasteiger partial charge is 0.290 e. The third kappa shape index (κ3) is 4.02. The molecule has 0 bridgehead atoms. The second-order valence-electron chi connectivity index (χ2n) is 8.02. The number of benzene rings is 2. The van der Waals surface area contributed by atoms with Crippen LogP contribution in [0, 0.1) is 0 Å². The van der Waals surface area contributed by atoms with Crippen molar-refractivity contribution in [1.82, 2.24) is 9.80 Å². The number of ether oxygens (including phenoxy) is 1. The van der Waals surface area contributed by atoms with E-state index in [0.717, 1.165) is 37.4 Å². The fourth-order valence-corrected chi connectivity index (χ4v) is 4.30. The summed E-state index contributed by atoms with van der Waals surface area (Å²) in [6.07, 6.45) is 0.930. The van der Waals surface area contributed by atoms with Gasteiger partial charge in [0, 0.05) is 13.1 Å². The van der Waals surface area contributed by atoms with Gasteiger partial charge in [-0.3, -0.25) is 9.59 Å². The highest BCUT2D eigenvalue weighted by atomic mass is 16.5. The van der Waals surface area contributed by atoms with Crippen LogP contribution in [0.25, 0.3) is 11.0 Å². The second-order valence-corrected chi connectivity index (χ2v) is 8.02. The summed E-state index contributed by atoms with van der Waals surface area (Å²) in [6.45, 7) is 9.97. The molecule has 0 N–H and O–H groups in total. The van der Waals surface area contributed by atoms with Crippen molar-refractivity contribution in [1.29, 1.82) is 0 Å². The van der Waals surface area contributed by atoms with Crippen LogP contribution in [0.4, 0.5) is 0 Å². The van der Waals surface area contributed by atoms with Gasteiger partial charge in [-0.1, -0.05) is 45.0 Å². The quantitative estimate of drug-likeness (QED) is 0.497. The van der Waals surface area contributed by atoms with Crippen LogP contribution in [-0.4, -0.2) is 48.5 Å². The summed E-state index contributed by atoms with van der Waals surface area (Å²) in [7, 11) is 0. The van der Waals surface area contributed by atoms with Gasteiger partial charge < -0.3 is 19.0 Å². The topological polar surface area (TPSA) is 63.0 Å². The highest BCUT2D eigenvalue weighted by Gasteiger charge is 2.42. The highest BCUT2D eigenvalue weighted by Crippen LogP contribution is 2.38. The van der Waals surface area contributed by atoms with Gasteiger partial charge in [0.2, 0.25) is 5.76 Å². The summed E-state index contributed by atoms with van der Waals surface area (Å²) in [6, 6.07) is 14.3. The maximum atomic E-state index is 13.5. The van der Waals surface area contributed by atoms with Gasteiger partial charge in [0.05, 0.1) is 23.6 Å². The molecule has 0 saturated carbocycles. The van der Waals surface area contributed by atoms with E-state index in [-0.39, 0.29) is 17.1 Å². The van der Waals surface area contributed by atoms with E-state index < -0.39 is 6.04 Å². The zero-order valence-electron chi connectivity index (χ0n) is 19.0. The molecule has 4 rings (SSSR count). The fourth-order valence-electron chi connectivity index (χ4n) is 4.30. The zero-order chi connectivity index (χ0) is 22.7. The SMILES string of the molecule is CCCOc1ccc([C@H]2c3c(oc4ccccc4c3=O)C(=O)N2CCN(CC)CC)cc1. The average Bonchev–Trinajstić information content (AvgIpc) is 3.10. The molecule has 0 unspecified atom stereocenters. The highest BCUT2D eigenvalue weighted by molar-refractivity contribution is 5.99. The van der Waals surface area contributed by atoms with Gasteiger partial charge in [-0.25, -0.2) is 0 Å². The molecule has 2 heterocycles. The lowest BCUT2D eigenvalue weighted by atomic mass is 9.98. The molecule has 3 aromatic rings. The molecule has 0 aliphatic carbocycles. The Bertz CT molecular complexity index is 1150. The van der Waals surface area contributed by atoms with Gasteiger partial charge >= 0.3 is 0 Å². The number of hydrogen-bond donors (Lipinski definition) is 0. The Morgan fingerprint density at radius 1 is 1.00 bits per heavy atom. The number of nitrogens with zero attached hydrogens (tertiary/aromatic N) is 2. The van der Waals surface area contributed by atoms with Crippen LogP contribution in [0.5, 0.6) is 5.75 Å².